The van der Waals surface area contributed by atoms with Crippen LogP contribution >= 0.6 is 15.9 Å². The number of hydrogen-bond acceptors (Lipinski definition) is 4. The first kappa shape index (κ1) is 14.7. The van der Waals surface area contributed by atoms with Crippen LogP contribution in [0.5, 0.6) is 0 Å². The predicted octanol–water partition coefficient (Wildman–Crippen LogP) is 3.40. The van der Waals surface area contributed by atoms with E-state index in [9.17, 15) is 4.79 Å². The molecule has 1 N–H and O–H groups in total. The maximum atomic E-state index is 12.0. The fourth-order valence-corrected chi connectivity index (χ4v) is 1.85. The second-order valence-corrected chi connectivity index (χ2v) is 5.90. The van der Waals surface area contributed by atoms with Gasteiger partial charge in [-0.2, -0.15) is 0 Å². The molecule has 0 aliphatic carbocycles. The molecule has 0 saturated heterocycles. The third-order valence-corrected chi connectivity index (χ3v) is 4.40. The molecule has 6 heteroatoms. The first-order valence-electron chi connectivity index (χ1n) is 6.31. The summed E-state index contributed by atoms with van der Waals surface area (Å²) in [4.78, 5) is 11.8. The lowest BCUT2D eigenvalue weighted by atomic mass is 10.1. The number of anilines is 1. The minimum atomic E-state index is -0.211. The Hall–Kier alpha value is -1.69. The van der Waals surface area contributed by atoms with Gasteiger partial charge in [0.05, 0.1) is 4.83 Å². The Morgan fingerprint density at radius 2 is 2.15 bits per heavy atom. The molecule has 0 saturated carbocycles. The molecular formula is C14H16BrN3O2. The highest BCUT2D eigenvalue weighted by Gasteiger charge is 2.19. The Morgan fingerprint density at radius 3 is 2.70 bits per heavy atom. The molecule has 0 aliphatic heterocycles. The maximum Gasteiger partial charge on any atom is 0.247 e. The highest BCUT2D eigenvalue weighted by molar-refractivity contribution is 9.10. The number of carbonyl (C=O) groups is 1. The van der Waals surface area contributed by atoms with Crippen molar-refractivity contribution in [1.29, 1.82) is 0 Å². The van der Waals surface area contributed by atoms with Gasteiger partial charge in [-0.25, -0.2) is 0 Å². The molecule has 1 unspecified atom stereocenters. The number of rotatable bonds is 4. The third kappa shape index (κ3) is 3.25. The van der Waals surface area contributed by atoms with E-state index in [-0.39, 0.29) is 16.7 Å². The monoisotopic (exact) mass is 337 g/mol. The zero-order valence-electron chi connectivity index (χ0n) is 11.6. The number of amides is 1. The molecule has 0 bridgehead atoms. The van der Waals surface area contributed by atoms with Gasteiger partial charge in [0.15, 0.2) is 0 Å². The topological polar surface area (TPSA) is 68.0 Å². The molecule has 2 aromatic rings. The fraction of sp³-hybridized carbons (Fsp3) is 0.357. The van der Waals surface area contributed by atoms with Gasteiger partial charge in [0.1, 0.15) is 0 Å². The van der Waals surface area contributed by atoms with Crippen molar-refractivity contribution >= 4 is 27.5 Å². The zero-order chi connectivity index (χ0) is 14.7. The minimum Gasteiger partial charge on any atom is -0.423 e. The molecule has 1 aromatic heterocycles. The van der Waals surface area contributed by atoms with E-state index < -0.39 is 0 Å². The predicted molar refractivity (Wildman–Crippen MR) is 80.7 cm³/mol. The summed E-state index contributed by atoms with van der Waals surface area (Å²) in [6.45, 7) is 5.91. The van der Waals surface area contributed by atoms with E-state index in [1.165, 1.54) is 6.39 Å². The molecular weight excluding hydrogens is 322 g/mol. The van der Waals surface area contributed by atoms with Gasteiger partial charge in [-0.1, -0.05) is 29.8 Å². The summed E-state index contributed by atoms with van der Waals surface area (Å²) in [5.41, 5.74) is 2.55. The van der Waals surface area contributed by atoms with Gasteiger partial charge >= 0.3 is 0 Å². The van der Waals surface area contributed by atoms with Gasteiger partial charge in [0.2, 0.25) is 18.2 Å². The number of nitrogens with zero attached hydrogens (tertiary/aromatic N) is 2. The van der Waals surface area contributed by atoms with E-state index >= 15 is 0 Å². The van der Waals surface area contributed by atoms with Crippen molar-refractivity contribution in [1.82, 2.24) is 10.2 Å². The van der Waals surface area contributed by atoms with E-state index in [4.69, 9.17) is 4.42 Å². The molecule has 2 rings (SSSR count). The molecule has 106 valence electrons. The molecule has 0 spiro atoms. The Labute approximate surface area is 125 Å². The molecule has 5 nitrogen and oxygen atoms in total. The lowest BCUT2D eigenvalue weighted by Gasteiger charge is -2.15. The van der Waals surface area contributed by atoms with Crippen molar-refractivity contribution in [2.24, 2.45) is 5.92 Å². The van der Waals surface area contributed by atoms with Crippen molar-refractivity contribution in [3.8, 4) is 11.5 Å². The van der Waals surface area contributed by atoms with Crippen molar-refractivity contribution in [2.45, 2.75) is 25.6 Å². The molecule has 1 heterocycles. The first-order valence-corrected chi connectivity index (χ1v) is 7.22. The number of aromatic nitrogens is 2. The van der Waals surface area contributed by atoms with Crippen LogP contribution in [0.15, 0.2) is 29.0 Å². The van der Waals surface area contributed by atoms with Gasteiger partial charge in [-0.3, -0.25) is 4.79 Å². The van der Waals surface area contributed by atoms with Gasteiger partial charge < -0.3 is 9.73 Å². The molecule has 1 aromatic carbocycles. The van der Waals surface area contributed by atoms with Gasteiger partial charge in [0, 0.05) is 11.3 Å². The van der Waals surface area contributed by atoms with E-state index in [0.29, 0.717) is 5.89 Å². The second kappa shape index (κ2) is 6.17. The van der Waals surface area contributed by atoms with Crippen LogP contribution in [0, 0.1) is 12.8 Å². The SMILES string of the molecule is Cc1cc(-c2nnco2)ccc1NC(=O)C(Br)C(C)C. The summed E-state index contributed by atoms with van der Waals surface area (Å²) in [6.07, 6.45) is 1.29. The van der Waals surface area contributed by atoms with Crippen molar-refractivity contribution in [2.75, 3.05) is 5.32 Å². The van der Waals surface area contributed by atoms with Crippen LogP contribution in [0.1, 0.15) is 19.4 Å². The number of carbonyl (C=O) groups excluding carboxylic acids is 1. The number of halogens is 1. The van der Waals surface area contributed by atoms with Crippen LogP contribution in [0.3, 0.4) is 0 Å². The number of alkyl halides is 1. The van der Waals surface area contributed by atoms with Crippen molar-refractivity contribution in [3.05, 3.63) is 30.2 Å². The lowest BCUT2D eigenvalue weighted by molar-refractivity contribution is -0.116. The van der Waals surface area contributed by atoms with Gasteiger partial charge in [-0.05, 0) is 36.6 Å². The standard InChI is InChI=1S/C14H16BrN3O2/c1-8(2)12(15)13(19)17-11-5-4-10(6-9(11)3)14-18-16-7-20-14/h4-8,12H,1-3H3,(H,17,19). The highest BCUT2D eigenvalue weighted by atomic mass is 79.9. The van der Waals surface area contributed by atoms with Gasteiger partial charge in [-0.15, -0.1) is 10.2 Å². The number of benzene rings is 1. The number of aryl methyl sites for hydroxylation is 1. The lowest BCUT2D eigenvalue weighted by Crippen LogP contribution is -2.27. The Bertz CT molecular complexity index is 596. The summed E-state index contributed by atoms with van der Waals surface area (Å²) < 4.78 is 5.15. The Kier molecular flexibility index (Phi) is 4.54. The van der Waals surface area contributed by atoms with E-state index in [1.807, 2.05) is 39.0 Å². The third-order valence-electron chi connectivity index (χ3n) is 2.93. The van der Waals surface area contributed by atoms with Crippen molar-refractivity contribution in [3.63, 3.8) is 0 Å². The normalized spacial score (nSPS) is 12.4. The Balaban J connectivity index is 2.16. The molecule has 1 amide bonds. The number of hydrogen-bond donors (Lipinski definition) is 1. The average Bonchev–Trinajstić information content (AvgIpc) is 2.93. The average molecular weight is 338 g/mol. The number of nitrogens with one attached hydrogen (secondary N) is 1. The van der Waals surface area contributed by atoms with E-state index in [2.05, 4.69) is 31.4 Å². The largest absolute Gasteiger partial charge is 0.423 e. The molecule has 0 fully saturated rings. The summed E-state index contributed by atoms with van der Waals surface area (Å²) in [5, 5.41) is 10.4. The van der Waals surface area contributed by atoms with E-state index in [0.717, 1.165) is 16.8 Å². The molecule has 20 heavy (non-hydrogen) atoms. The van der Waals surface area contributed by atoms with Crippen LogP contribution in [-0.4, -0.2) is 20.9 Å². The second-order valence-electron chi connectivity index (χ2n) is 4.91. The van der Waals surface area contributed by atoms with Crippen LogP contribution in [-0.2, 0) is 4.79 Å². The summed E-state index contributed by atoms with van der Waals surface area (Å²) in [6, 6.07) is 5.59. The summed E-state index contributed by atoms with van der Waals surface area (Å²) >= 11 is 3.39. The molecule has 1 atom stereocenters. The summed E-state index contributed by atoms with van der Waals surface area (Å²) in [7, 11) is 0. The Morgan fingerprint density at radius 1 is 1.40 bits per heavy atom. The van der Waals surface area contributed by atoms with Crippen LogP contribution in [0.2, 0.25) is 0 Å². The van der Waals surface area contributed by atoms with E-state index in [1.54, 1.807) is 0 Å². The minimum absolute atomic E-state index is 0.0476. The fourth-order valence-electron chi connectivity index (χ4n) is 1.74. The first-order chi connectivity index (χ1) is 9.49. The molecule has 0 radical (unpaired) electrons. The highest BCUT2D eigenvalue weighted by Crippen LogP contribution is 2.24. The zero-order valence-corrected chi connectivity index (χ0v) is 13.1. The van der Waals surface area contributed by atoms with Crippen LogP contribution in [0.4, 0.5) is 5.69 Å². The van der Waals surface area contributed by atoms with Crippen LogP contribution < -0.4 is 5.32 Å². The molecule has 0 aliphatic rings. The maximum absolute atomic E-state index is 12.0. The van der Waals surface area contributed by atoms with Crippen molar-refractivity contribution < 1.29 is 9.21 Å². The smallest absolute Gasteiger partial charge is 0.247 e. The quantitative estimate of drug-likeness (QED) is 0.868. The van der Waals surface area contributed by atoms with Gasteiger partial charge in [0.25, 0.3) is 0 Å². The van der Waals surface area contributed by atoms with Crippen LogP contribution in [0.25, 0.3) is 11.5 Å². The summed E-state index contributed by atoms with van der Waals surface area (Å²) in [5.74, 6) is 0.646.